The fourth-order valence-corrected chi connectivity index (χ4v) is 3.59. The number of hydrogen-bond acceptors (Lipinski definition) is 7. The van der Waals surface area contributed by atoms with Gasteiger partial charge in [0.05, 0.1) is 27.4 Å². The van der Waals surface area contributed by atoms with E-state index >= 15 is 0 Å². The molecule has 1 aliphatic rings. The van der Waals surface area contributed by atoms with Gasteiger partial charge in [-0.25, -0.2) is 9.59 Å². The summed E-state index contributed by atoms with van der Waals surface area (Å²) in [6.07, 6.45) is 0.780. The normalized spacial score (nSPS) is 16.9. The monoisotopic (exact) mass is 470 g/mol. The number of nitrogens with one attached hydrogen (secondary N) is 1. The van der Waals surface area contributed by atoms with Crippen LogP contribution >= 0.6 is 0 Å². The lowest BCUT2D eigenvalue weighted by molar-refractivity contribution is -0.170. The Morgan fingerprint density at radius 1 is 1.03 bits per heavy atom. The van der Waals surface area contributed by atoms with Crippen LogP contribution in [0, 0.1) is 0 Å². The first-order valence-electron chi connectivity index (χ1n) is 11.1. The van der Waals surface area contributed by atoms with Crippen LogP contribution in [0.2, 0.25) is 0 Å². The van der Waals surface area contributed by atoms with Gasteiger partial charge in [-0.05, 0) is 24.1 Å². The van der Waals surface area contributed by atoms with Gasteiger partial charge in [-0.1, -0.05) is 43.7 Å². The molecule has 0 radical (unpaired) electrons. The molecule has 0 unspecified atom stereocenters. The second-order valence-electron chi connectivity index (χ2n) is 7.79. The lowest BCUT2D eigenvalue weighted by Gasteiger charge is -2.45. The molecule has 2 aromatic rings. The summed E-state index contributed by atoms with van der Waals surface area (Å²) in [7, 11) is 3.06. The first-order valence-corrected chi connectivity index (χ1v) is 11.1. The molecule has 182 valence electrons. The third-order valence-electron chi connectivity index (χ3n) is 5.51. The summed E-state index contributed by atoms with van der Waals surface area (Å²) in [6.45, 7) is 2.38. The van der Waals surface area contributed by atoms with Crippen LogP contribution in [0.15, 0.2) is 48.5 Å². The van der Waals surface area contributed by atoms with E-state index in [1.54, 1.807) is 25.3 Å². The molecule has 0 saturated carbocycles. The Hall–Kier alpha value is -3.75. The number of carbonyl (C=O) groups is 3. The Morgan fingerprint density at radius 3 is 2.47 bits per heavy atom. The summed E-state index contributed by atoms with van der Waals surface area (Å²) in [4.78, 5) is 39.4. The molecule has 2 aromatic carbocycles. The van der Waals surface area contributed by atoms with E-state index < -0.39 is 30.1 Å². The summed E-state index contributed by atoms with van der Waals surface area (Å²) in [5, 5.41) is 2.52. The minimum atomic E-state index is -1.07. The molecule has 9 nitrogen and oxygen atoms in total. The van der Waals surface area contributed by atoms with Crippen molar-refractivity contribution in [2.45, 2.75) is 45.0 Å². The van der Waals surface area contributed by atoms with E-state index in [1.807, 2.05) is 37.3 Å². The van der Waals surface area contributed by atoms with Crippen LogP contribution in [0.1, 0.15) is 30.9 Å². The lowest BCUT2D eigenvalue weighted by atomic mass is 9.93. The number of rotatable bonds is 11. The number of benzene rings is 2. The molecule has 0 aliphatic carbocycles. The Labute approximate surface area is 198 Å². The van der Waals surface area contributed by atoms with Gasteiger partial charge in [0, 0.05) is 11.6 Å². The number of nitrogens with zero attached hydrogens (tertiary/aromatic N) is 1. The maximum absolute atomic E-state index is 12.9. The zero-order valence-electron chi connectivity index (χ0n) is 19.6. The molecule has 1 aliphatic heterocycles. The highest BCUT2D eigenvalue weighted by Crippen LogP contribution is 2.30. The number of amides is 2. The van der Waals surface area contributed by atoms with Crippen molar-refractivity contribution in [3.05, 3.63) is 59.7 Å². The third kappa shape index (κ3) is 5.98. The maximum atomic E-state index is 12.9. The molecule has 3 rings (SSSR count). The van der Waals surface area contributed by atoms with Gasteiger partial charge in [0.2, 0.25) is 5.91 Å². The first-order chi connectivity index (χ1) is 16.5. The van der Waals surface area contributed by atoms with Crippen LogP contribution in [0.25, 0.3) is 0 Å². The highest BCUT2D eigenvalue weighted by Gasteiger charge is 2.53. The molecule has 34 heavy (non-hydrogen) atoms. The molecule has 1 N–H and O–H groups in total. The zero-order chi connectivity index (χ0) is 24.5. The predicted octanol–water partition coefficient (Wildman–Crippen LogP) is 3.05. The maximum Gasteiger partial charge on any atom is 0.408 e. The van der Waals surface area contributed by atoms with Crippen molar-refractivity contribution in [3.8, 4) is 11.5 Å². The quantitative estimate of drug-likeness (QED) is 0.306. The largest absolute Gasteiger partial charge is 0.497 e. The van der Waals surface area contributed by atoms with Crippen molar-refractivity contribution in [1.29, 1.82) is 0 Å². The smallest absolute Gasteiger partial charge is 0.408 e. The van der Waals surface area contributed by atoms with Crippen LogP contribution < -0.4 is 14.8 Å². The number of unbranched alkanes of at least 4 members (excludes halogenated alkanes) is 1. The van der Waals surface area contributed by atoms with Gasteiger partial charge in [0.1, 0.15) is 24.1 Å². The molecule has 0 bridgehead atoms. The molecule has 1 fully saturated rings. The fourth-order valence-electron chi connectivity index (χ4n) is 3.59. The van der Waals surface area contributed by atoms with Crippen molar-refractivity contribution >= 4 is 18.0 Å². The Morgan fingerprint density at radius 2 is 1.79 bits per heavy atom. The van der Waals surface area contributed by atoms with Gasteiger partial charge in [0.25, 0.3) is 0 Å². The minimum Gasteiger partial charge on any atom is -0.497 e. The number of likely N-dealkylation sites (tertiary alicyclic amines) is 1. The molecule has 2 atom stereocenters. The van der Waals surface area contributed by atoms with Crippen molar-refractivity contribution in [1.82, 2.24) is 10.2 Å². The highest BCUT2D eigenvalue weighted by molar-refractivity contribution is 6.01. The number of hydrogen-bond donors (Lipinski definition) is 1. The number of ether oxygens (including phenoxy) is 4. The van der Waals surface area contributed by atoms with E-state index in [-0.39, 0.29) is 19.8 Å². The lowest BCUT2D eigenvalue weighted by Crippen LogP contribution is -2.73. The standard InChI is InChI=1S/C25H30N2O7/c1-4-5-13-33-24(29)22-21(26-25(30)34-16-17-9-7-6-8-10-17)23(28)27(22)15-18-11-12-19(31-2)14-20(18)32-3/h6-12,14,21-22H,4-5,13,15-16H2,1-3H3,(H,26,30)/t21-,22-/m1/s1. The summed E-state index contributed by atoms with van der Waals surface area (Å²) < 4.78 is 21.2. The van der Waals surface area contributed by atoms with Gasteiger partial charge < -0.3 is 29.2 Å². The van der Waals surface area contributed by atoms with E-state index in [4.69, 9.17) is 18.9 Å². The first kappa shape index (κ1) is 24.9. The van der Waals surface area contributed by atoms with Crippen LogP contribution in [-0.2, 0) is 32.2 Å². The number of β-lactam (4-membered cyclic amide) rings is 1. The molecule has 1 saturated heterocycles. The number of methoxy groups -OCH3 is 2. The summed E-state index contributed by atoms with van der Waals surface area (Å²) in [5.41, 5.74) is 1.49. The SMILES string of the molecule is CCCCOC(=O)[C@H]1[C@@H](NC(=O)OCc2ccccc2)C(=O)N1Cc1ccc(OC)cc1OC. The molecular weight excluding hydrogens is 440 g/mol. The van der Waals surface area contributed by atoms with Gasteiger partial charge in [-0.15, -0.1) is 0 Å². The van der Waals surface area contributed by atoms with Crippen LogP contribution in [0.3, 0.4) is 0 Å². The summed E-state index contributed by atoms with van der Waals surface area (Å²) >= 11 is 0. The van der Waals surface area contributed by atoms with E-state index in [0.717, 1.165) is 12.0 Å². The third-order valence-corrected chi connectivity index (χ3v) is 5.51. The van der Waals surface area contributed by atoms with Crippen molar-refractivity contribution in [2.75, 3.05) is 20.8 Å². The Bertz CT molecular complexity index is 996. The number of esters is 1. The van der Waals surface area contributed by atoms with Gasteiger partial charge in [-0.2, -0.15) is 0 Å². The van der Waals surface area contributed by atoms with Crippen molar-refractivity contribution < 1.29 is 33.3 Å². The minimum absolute atomic E-state index is 0.0476. The van der Waals surface area contributed by atoms with Crippen LogP contribution in [-0.4, -0.2) is 55.8 Å². The highest BCUT2D eigenvalue weighted by atomic mass is 16.6. The number of alkyl carbamates (subject to hydrolysis) is 1. The van der Waals surface area contributed by atoms with E-state index in [1.165, 1.54) is 12.0 Å². The Balaban J connectivity index is 1.70. The summed E-state index contributed by atoms with van der Waals surface area (Å²) in [5.74, 6) is 0.136. The summed E-state index contributed by atoms with van der Waals surface area (Å²) in [6, 6.07) is 12.3. The zero-order valence-corrected chi connectivity index (χ0v) is 19.6. The average molecular weight is 471 g/mol. The average Bonchev–Trinajstić information content (AvgIpc) is 2.87. The fraction of sp³-hybridized carbons (Fsp3) is 0.400. The predicted molar refractivity (Wildman–Crippen MR) is 123 cm³/mol. The van der Waals surface area contributed by atoms with Crippen LogP contribution in [0.4, 0.5) is 4.79 Å². The van der Waals surface area contributed by atoms with Gasteiger partial charge in [-0.3, -0.25) is 4.79 Å². The van der Waals surface area contributed by atoms with Crippen molar-refractivity contribution in [2.24, 2.45) is 0 Å². The number of carbonyl (C=O) groups excluding carboxylic acids is 3. The topological polar surface area (TPSA) is 103 Å². The molecule has 2 amide bonds. The molecule has 0 spiro atoms. The van der Waals surface area contributed by atoms with E-state index in [2.05, 4.69) is 5.32 Å². The van der Waals surface area contributed by atoms with Crippen LogP contribution in [0.5, 0.6) is 11.5 Å². The second kappa shape index (κ2) is 11.9. The van der Waals surface area contributed by atoms with E-state index in [0.29, 0.717) is 23.5 Å². The molecule has 9 heteroatoms. The Kier molecular flexibility index (Phi) is 8.73. The molecular formula is C25H30N2O7. The second-order valence-corrected chi connectivity index (χ2v) is 7.79. The van der Waals surface area contributed by atoms with Gasteiger partial charge >= 0.3 is 12.1 Å². The molecule has 1 heterocycles. The molecule has 0 aromatic heterocycles. The van der Waals surface area contributed by atoms with Crippen molar-refractivity contribution in [3.63, 3.8) is 0 Å². The van der Waals surface area contributed by atoms with E-state index in [9.17, 15) is 14.4 Å². The van der Waals surface area contributed by atoms with Gasteiger partial charge in [0.15, 0.2) is 6.04 Å².